The van der Waals surface area contributed by atoms with E-state index >= 15 is 0 Å². The number of rotatable bonds is 3. The topological polar surface area (TPSA) is 70.5 Å². The summed E-state index contributed by atoms with van der Waals surface area (Å²) in [6.07, 6.45) is 1.32. The van der Waals surface area contributed by atoms with Crippen LogP contribution in [0.3, 0.4) is 0 Å². The van der Waals surface area contributed by atoms with Gasteiger partial charge in [0.1, 0.15) is 5.69 Å². The fourth-order valence-electron chi connectivity index (χ4n) is 1.92. The van der Waals surface area contributed by atoms with Gasteiger partial charge in [0.2, 0.25) is 0 Å². The minimum atomic E-state index is -1.15. The third-order valence-electron chi connectivity index (χ3n) is 3.01. The van der Waals surface area contributed by atoms with Crippen LogP contribution in [0.2, 0.25) is 0 Å². The molecule has 20 heavy (non-hydrogen) atoms. The number of aromatic nitrogens is 1. The molecule has 1 amide bonds. The Morgan fingerprint density at radius 3 is 2.55 bits per heavy atom. The number of carboxylic acid groups (broad SMARTS) is 1. The molecular formula is C15H14N2O3. The number of amides is 1. The van der Waals surface area contributed by atoms with Crippen LogP contribution in [0.15, 0.2) is 42.6 Å². The first-order valence-corrected chi connectivity index (χ1v) is 6.03. The highest BCUT2D eigenvalue weighted by Crippen LogP contribution is 2.20. The maximum atomic E-state index is 12.4. The monoisotopic (exact) mass is 270 g/mol. The number of pyridine rings is 1. The zero-order valence-corrected chi connectivity index (χ0v) is 11.2. The van der Waals surface area contributed by atoms with Crippen LogP contribution >= 0.6 is 0 Å². The minimum absolute atomic E-state index is 0.144. The molecule has 0 atom stereocenters. The zero-order chi connectivity index (χ0) is 14.7. The van der Waals surface area contributed by atoms with E-state index in [1.807, 2.05) is 31.2 Å². The SMILES string of the molecule is Cc1ccccc1N(C)C(=O)c1ccnc(C(=O)O)c1. The predicted octanol–water partition coefficient (Wildman–Crippen LogP) is 2.36. The lowest BCUT2D eigenvalue weighted by molar-refractivity contribution is 0.0690. The van der Waals surface area contributed by atoms with Crippen molar-refractivity contribution in [2.75, 3.05) is 11.9 Å². The van der Waals surface area contributed by atoms with Crippen molar-refractivity contribution in [3.05, 3.63) is 59.4 Å². The van der Waals surface area contributed by atoms with E-state index in [1.165, 1.54) is 23.2 Å². The van der Waals surface area contributed by atoms with Crippen molar-refractivity contribution >= 4 is 17.6 Å². The van der Waals surface area contributed by atoms with Gasteiger partial charge >= 0.3 is 5.97 Å². The van der Waals surface area contributed by atoms with Crippen LogP contribution in [0, 0.1) is 6.92 Å². The molecule has 5 nitrogen and oxygen atoms in total. The molecule has 1 aromatic carbocycles. The number of nitrogens with zero attached hydrogens (tertiary/aromatic N) is 2. The number of hydrogen-bond acceptors (Lipinski definition) is 3. The maximum absolute atomic E-state index is 12.4. The zero-order valence-electron chi connectivity index (χ0n) is 11.2. The lowest BCUT2D eigenvalue weighted by Crippen LogP contribution is -2.27. The number of benzene rings is 1. The Morgan fingerprint density at radius 1 is 1.20 bits per heavy atom. The highest BCUT2D eigenvalue weighted by Gasteiger charge is 2.16. The van der Waals surface area contributed by atoms with Gasteiger partial charge in [-0.25, -0.2) is 9.78 Å². The van der Waals surface area contributed by atoms with Crippen LogP contribution in [-0.4, -0.2) is 29.0 Å². The minimum Gasteiger partial charge on any atom is -0.477 e. The van der Waals surface area contributed by atoms with Crippen molar-refractivity contribution in [2.24, 2.45) is 0 Å². The fraction of sp³-hybridized carbons (Fsp3) is 0.133. The molecule has 0 spiro atoms. The Morgan fingerprint density at radius 2 is 1.90 bits per heavy atom. The van der Waals surface area contributed by atoms with Crippen LogP contribution in [0.4, 0.5) is 5.69 Å². The van der Waals surface area contributed by atoms with Crippen LogP contribution in [0.25, 0.3) is 0 Å². The fourth-order valence-corrected chi connectivity index (χ4v) is 1.92. The van der Waals surface area contributed by atoms with Gasteiger partial charge in [0.25, 0.3) is 5.91 Å². The molecule has 102 valence electrons. The van der Waals surface area contributed by atoms with E-state index in [4.69, 9.17) is 5.11 Å². The Kier molecular flexibility index (Phi) is 3.79. The summed E-state index contributed by atoms with van der Waals surface area (Å²) >= 11 is 0. The van der Waals surface area contributed by atoms with Gasteiger partial charge in [0.15, 0.2) is 0 Å². The Bertz CT molecular complexity index is 668. The molecule has 1 N–H and O–H groups in total. The molecule has 0 aliphatic carbocycles. The second kappa shape index (κ2) is 5.52. The van der Waals surface area contributed by atoms with Crippen molar-refractivity contribution in [1.29, 1.82) is 0 Å². The Labute approximate surface area is 116 Å². The summed E-state index contributed by atoms with van der Waals surface area (Å²) < 4.78 is 0. The summed E-state index contributed by atoms with van der Waals surface area (Å²) in [5.74, 6) is -1.43. The quantitative estimate of drug-likeness (QED) is 0.929. The molecule has 0 bridgehead atoms. The molecule has 1 heterocycles. The van der Waals surface area contributed by atoms with Crippen molar-refractivity contribution in [3.8, 4) is 0 Å². The molecule has 0 unspecified atom stereocenters. The molecule has 1 aromatic heterocycles. The van der Waals surface area contributed by atoms with E-state index in [9.17, 15) is 9.59 Å². The number of hydrogen-bond donors (Lipinski definition) is 1. The first kappa shape index (κ1) is 13.7. The summed E-state index contributed by atoms with van der Waals surface area (Å²) in [5, 5.41) is 8.90. The van der Waals surface area contributed by atoms with Gasteiger partial charge in [-0.3, -0.25) is 4.79 Å². The standard InChI is InChI=1S/C15H14N2O3/c1-10-5-3-4-6-13(10)17(2)14(18)11-7-8-16-12(9-11)15(19)20/h3-9H,1-2H3,(H,19,20). The van der Waals surface area contributed by atoms with Gasteiger partial charge in [0.05, 0.1) is 0 Å². The average Bonchev–Trinajstić information content (AvgIpc) is 2.46. The van der Waals surface area contributed by atoms with Gasteiger partial charge in [0, 0.05) is 24.5 Å². The summed E-state index contributed by atoms with van der Waals surface area (Å²) in [4.78, 5) is 28.5. The van der Waals surface area contributed by atoms with Gasteiger partial charge in [-0.1, -0.05) is 18.2 Å². The van der Waals surface area contributed by atoms with Crippen molar-refractivity contribution in [3.63, 3.8) is 0 Å². The lowest BCUT2D eigenvalue weighted by Gasteiger charge is -2.19. The van der Waals surface area contributed by atoms with Crippen molar-refractivity contribution < 1.29 is 14.7 Å². The molecule has 0 aliphatic heterocycles. The Hall–Kier alpha value is -2.69. The van der Waals surface area contributed by atoms with E-state index in [2.05, 4.69) is 4.98 Å². The van der Waals surface area contributed by atoms with Crippen LogP contribution < -0.4 is 4.90 Å². The molecule has 2 aromatic rings. The van der Waals surface area contributed by atoms with E-state index < -0.39 is 5.97 Å². The van der Waals surface area contributed by atoms with Crippen LogP contribution in [0.1, 0.15) is 26.4 Å². The summed E-state index contributed by atoms with van der Waals surface area (Å²) in [5.41, 5.74) is 1.90. The third kappa shape index (κ3) is 2.66. The molecule has 0 radical (unpaired) electrons. The number of aromatic carboxylic acids is 1. The molecule has 5 heteroatoms. The Balaban J connectivity index is 2.34. The number of anilines is 1. The highest BCUT2D eigenvalue weighted by molar-refractivity contribution is 6.06. The molecular weight excluding hydrogens is 256 g/mol. The van der Waals surface area contributed by atoms with Gasteiger partial charge in [-0.2, -0.15) is 0 Å². The first-order valence-electron chi connectivity index (χ1n) is 6.03. The number of carbonyl (C=O) groups excluding carboxylic acids is 1. The number of aryl methyl sites for hydroxylation is 1. The van der Waals surface area contributed by atoms with E-state index in [0.717, 1.165) is 11.3 Å². The third-order valence-corrected chi connectivity index (χ3v) is 3.01. The summed E-state index contributed by atoms with van der Waals surface area (Å²) in [7, 11) is 1.66. The van der Waals surface area contributed by atoms with Crippen molar-refractivity contribution in [1.82, 2.24) is 4.98 Å². The van der Waals surface area contributed by atoms with E-state index in [0.29, 0.717) is 5.56 Å². The van der Waals surface area contributed by atoms with Gasteiger partial charge < -0.3 is 10.0 Å². The molecule has 0 saturated carbocycles. The molecule has 0 fully saturated rings. The molecule has 0 saturated heterocycles. The van der Waals surface area contributed by atoms with E-state index in [-0.39, 0.29) is 11.6 Å². The first-order chi connectivity index (χ1) is 9.50. The number of carboxylic acids is 1. The average molecular weight is 270 g/mol. The predicted molar refractivity (Wildman–Crippen MR) is 75.1 cm³/mol. The molecule has 2 rings (SSSR count). The smallest absolute Gasteiger partial charge is 0.354 e. The highest BCUT2D eigenvalue weighted by atomic mass is 16.4. The number of para-hydroxylation sites is 1. The number of carbonyl (C=O) groups is 2. The second-order valence-corrected chi connectivity index (χ2v) is 4.39. The normalized spacial score (nSPS) is 10.1. The van der Waals surface area contributed by atoms with Gasteiger partial charge in [-0.05, 0) is 30.7 Å². The molecule has 0 aliphatic rings. The summed E-state index contributed by atoms with van der Waals surface area (Å²) in [6.45, 7) is 1.91. The largest absolute Gasteiger partial charge is 0.477 e. The second-order valence-electron chi connectivity index (χ2n) is 4.39. The van der Waals surface area contributed by atoms with Crippen LogP contribution in [0.5, 0.6) is 0 Å². The summed E-state index contributed by atoms with van der Waals surface area (Å²) in [6, 6.07) is 10.3. The van der Waals surface area contributed by atoms with Gasteiger partial charge in [-0.15, -0.1) is 0 Å². The lowest BCUT2D eigenvalue weighted by atomic mass is 10.1. The van der Waals surface area contributed by atoms with E-state index in [1.54, 1.807) is 7.05 Å². The van der Waals surface area contributed by atoms with Crippen molar-refractivity contribution in [2.45, 2.75) is 6.92 Å². The maximum Gasteiger partial charge on any atom is 0.354 e. The van der Waals surface area contributed by atoms with Crippen LogP contribution in [-0.2, 0) is 0 Å².